The number of rotatable bonds is 1. The maximum atomic E-state index is 6.20. The summed E-state index contributed by atoms with van der Waals surface area (Å²) in [6.45, 7) is 2.02. The Labute approximate surface area is 104 Å². The number of nitrogens with two attached hydrogens (primary N) is 1. The predicted molar refractivity (Wildman–Crippen MR) is 71.1 cm³/mol. The molecule has 0 saturated carbocycles. The molecule has 2 N–H and O–H groups in total. The van der Waals surface area contributed by atoms with Gasteiger partial charge < -0.3 is 10.6 Å². The van der Waals surface area contributed by atoms with Crippen LogP contribution in [0.2, 0.25) is 0 Å². The molecule has 2 atom stereocenters. The van der Waals surface area contributed by atoms with Crippen LogP contribution >= 0.6 is 0 Å². The second-order valence-corrected chi connectivity index (χ2v) is 5.66. The van der Waals surface area contributed by atoms with Gasteiger partial charge in [0.1, 0.15) is 0 Å². The molecule has 3 rings (SSSR count). The SMILES string of the molecule is CN1CCCC2(CN)c3ccccc3CCC12. The molecule has 2 unspecified atom stereocenters. The van der Waals surface area contributed by atoms with Crippen LogP contribution in [0, 0.1) is 0 Å². The average Bonchev–Trinajstić information content (AvgIpc) is 2.38. The summed E-state index contributed by atoms with van der Waals surface area (Å²) < 4.78 is 0. The van der Waals surface area contributed by atoms with E-state index in [1.165, 1.54) is 43.4 Å². The summed E-state index contributed by atoms with van der Waals surface area (Å²) in [7, 11) is 2.27. The van der Waals surface area contributed by atoms with Crippen LogP contribution in [0.5, 0.6) is 0 Å². The van der Waals surface area contributed by atoms with Gasteiger partial charge in [-0.05, 0) is 50.4 Å². The highest BCUT2D eigenvalue weighted by molar-refractivity contribution is 5.40. The Bertz CT molecular complexity index is 415. The summed E-state index contributed by atoms with van der Waals surface area (Å²) in [6.07, 6.45) is 5.02. The molecule has 1 aromatic rings. The highest BCUT2D eigenvalue weighted by atomic mass is 15.2. The molecule has 92 valence electrons. The normalized spacial score (nSPS) is 32.9. The lowest BCUT2D eigenvalue weighted by molar-refractivity contribution is 0.0788. The standard InChI is InChI=1S/C15H22N2/c1-17-10-4-9-15(11-16)13-6-3-2-5-12(13)7-8-14(15)17/h2-3,5-6,14H,4,7-11,16H2,1H3. The van der Waals surface area contributed by atoms with E-state index in [4.69, 9.17) is 5.73 Å². The van der Waals surface area contributed by atoms with Crippen molar-refractivity contribution in [2.75, 3.05) is 20.1 Å². The minimum atomic E-state index is 0.224. The molecule has 0 radical (unpaired) electrons. The van der Waals surface area contributed by atoms with Crippen LogP contribution in [0.15, 0.2) is 24.3 Å². The first-order valence-corrected chi connectivity index (χ1v) is 6.76. The van der Waals surface area contributed by atoms with Crippen LogP contribution in [0.25, 0.3) is 0 Å². The van der Waals surface area contributed by atoms with Crippen LogP contribution in [0.1, 0.15) is 30.4 Å². The zero-order chi connectivity index (χ0) is 11.9. The molecule has 0 spiro atoms. The first-order chi connectivity index (χ1) is 8.28. The van der Waals surface area contributed by atoms with Crippen molar-refractivity contribution in [1.29, 1.82) is 0 Å². The van der Waals surface area contributed by atoms with Gasteiger partial charge in [0, 0.05) is 18.0 Å². The van der Waals surface area contributed by atoms with Gasteiger partial charge in [-0.15, -0.1) is 0 Å². The number of fused-ring (bicyclic) bond motifs is 3. The third-order valence-electron chi connectivity index (χ3n) is 4.91. The van der Waals surface area contributed by atoms with Gasteiger partial charge >= 0.3 is 0 Å². The van der Waals surface area contributed by atoms with E-state index < -0.39 is 0 Å². The molecule has 2 heteroatoms. The van der Waals surface area contributed by atoms with E-state index in [1.54, 1.807) is 0 Å². The average molecular weight is 230 g/mol. The van der Waals surface area contributed by atoms with Gasteiger partial charge in [0.15, 0.2) is 0 Å². The number of aryl methyl sites for hydroxylation is 1. The summed E-state index contributed by atoms with van der Waals surface area (Å²) in [5, 5.41) is 0. The van der Waals surface area contributed by atoms with E-state index in [2.05, 4.69) is 36.2 Å². The first-order valence-electron chi connectivity index (χ1n) is 6.76. The molecule has 1 aliphatic heterocycles. The van der Waals surface area contributed by atoms with E-state index in [0.29, 0.717) is 6.04 Å². The summed E-state index contributed by atoms with van der Waals surface area (Å²) in [5.41, 5.74) is 9.49. The van der Waals surface area contributed by atoms with Crippen molar-refractivity contribution in [1.82, 2.24) is 4.90 Å². The van der Waals surface area contributed by atoms with E-state index in [9.17, 15) is 0 Å². The van der Waals surface area contributed by atoms with Crippen molar-refractivity contribution in [3.63, 3.8) is 0 Å². The predicted octanol–water partition coefficient (Wildman–Crippen LogP) is 1.92. The Hall–Kier alpha value is -0.860. The number of likely N-dealkylation sites (N-methyl/N-ethyl adjacent to an activating group) is 1. The Morgan fingerprint density at radius 1 is 1.41 bits per heavy atom. The van der Waals surface area contributed by atoms with E-state index in [1.807, 2.05) is 0 Å². The van der Waals surface area contributed by atoms with Gasteiger partial charge in [0.2, 0.25) is 0 Å². The molecule has 1 aliphatic carbocycles. The maximum Gasteiger partial charge on any atom is 0.0234 e. The maximum absolute atomic E-state index is 6.20. The lowest BCUT2D eigenvalue weighted by atomic mass is 9.62. The van der Waals surface area contributed by atoms with Crippen LogP contribution in [-0.4, -0.2) is 31.1 Å². The van der Waals surface area contributed by atoms with Crippen LogP contribution in [0.4, 0.5) is 0 Å². The largest absolute Gasteiger partial charge is 0.330 e. The zero-order valence-corrected chi connectivity index (χ0v) is 10.7. The summed E-state index contributed by atoms with van der Waals surface area (Å²) in [4.78, 5) is 2.53. The summed E-state index contributed by atoms with van der Waals surface area (Å²) >= 11 is 0. The second kappa shape index (κ2) is 4.11. The fraction of sp³-hybridized carbons (Fsp3) is 0.600. The fourth-order valence-electron chi connectivity index (χ4n) is 4.06. The molecular weight excluding hydrogens is 208 g/mol. The quantitative estimate of drug-likeness (QED) is 0.798. The number of hydrogen-bond donors (Lipinski definition) is 1. The Balaban J connectivity index is 2.11. The second-order valence-electron chi connectivity index (χ2n) is 5.66. The van der Waals surface area contributed by atoms with Crippen LogP contribution < -0.4 is 5.73 Å². The fourth-order valence-corrected chi connectivity index (χ4v) is 4.06. The van der Waals surface area contributed by atoms with E-state index >= 15 is 0 Å². The smallest absolute Gasteiger partial charge is 0.0234 e. The van der Waals surface area contributed by atoms with Gasteiger partial charge in [-0.1, -0.05) is 24.3 Å². The zero-order valence-electron chi connectivity index (χ0n) is 10.7. The Morgan fingerprint density at radius 3 is 3.06 bits per heavy atom. The van der Waals surface area contributed by atoms with E-state index in [-0.39, 0.29) is 5.41 Å². The minimum absolute atomic E-state index is 0.224. The Kier molecular flexibility index (Phi) is 2.72. The first kappa shape index (κ1) is 11.2. The monoisotopic (exact) mass is 230 g/mol. The van der Waals surface area contributed by atoms with Crippen molar-refractivity contribution >= 4 is 0 Å². The number of likely N-dealkylation sites (tertiary alicyclic amines) is 1. The van der Waals surface area contributed by atoms with Crippen LogP contribution in [-0.2, 0) is 11.8 Å². The molecule has 17 heavy (non-hydrogen) atoms. The highest BCUT2D eigenvalue weighted by Crippen LogP contribution is 2.44. The highest BCUT2D eigenvalue weighted by Gasteiger charge is 2.46. The molecule has 2 aliphatic rings. The van der Waals surface area contributed by atoms with Crippen molar-refractivity contribution in [3.05, 3.63) is 35.4 Å². The summed E-state index contributed by atoms with van der Waals surface area (Å²) in [6, 6.07) is 9.59. The van der Waals surface area contributed by atoms with E-state index in [0.717, 1.165) is 6.54 Å². The number of nitrogens with zero attached hydrogens (tertiary/aromatic N) is 1. The number of hydrogen-bond acceptors (Lipinski definition) is 2. The molecule has 1 saturated heterocycles. The lowest BCUT2D eigenvalue weighted by Gasteiger charge is -2.52. The number of benzene rings is 1. The van der Waals surface area contributed by atoms with Gasteiger partial charge in [-0.3, -0.25) is 0 Å². The van der Waals surface area contributed by atoms with Gasteiger partial charge in [0.25, 0.3) is 0 Å². The minimum Gasteiger partial charge on any atom is -0.330 e. The molecule has 0 aromatic heterocycles. The molecule has 2 nitrogen and oxygen atoms in total. The molecule has 0 amide bonds. The van der Waals surface area contributed by atoms with Gasteiger partial charge in [-0.2, -0.15) is 0 Å². The van der Waals surface area contributed by atoms with Gasteiger partial charge in [-0.25, -0.2) is 0 Å². The van der Waals surface area contributed by atoms with Gasteiger partial charge in [0.05, 0.1) is 0 Å². The summed E-state index contributed by atoms with van der Waals surface area (Å²) in [5.74, 6) is 0. The number of piperidine rings is 1. The third kappa shape index (κ3) is 1.54. The van der Waals surface area contributed by atoms with Crippen molar-refractivity contribution in [2.24, 2.45) is 5.73 Å². The molecule has 1 heterocycles. The van der Waals surface area contributed by atoms with Crippen molar-refractivity contribution < 1.29 is 0 Å². The van der Waals surface area contributed by atoms with Crippen molar-refractivity contribution in [3.8, 4) is 0 Å². The topological polar surface area (TPSA) is 29.3 Å². The van der Waals surface area contributed by atoms with Crippen LogP contribution in [0.3, 0.4) is 0 Å². The van der Waals surface area contributed by atoms with Crippen molar-refractivity contribution in [2.45, 2.75) is 37.1 Å². The Morgan fingerprint density at radius 2 is 2.24 bits per heavy atom. The molecular formula is C15H22N2. The lowest BCUT2D eigenvalue weighted by Crippen LogP contribution is -2.58. The molecule has 1 fully saturated rings. The molecule has 0 bridgehead atoms. The molecule has 1 aromatic carbocycles. The third-order valence-corrected chi connectivity index (χ3v) is 4.91.